The Bertz CT molecular complexity index is 703. The number of amides is 2. The molecule has 5 nitrogen and oxygen atoms in total. The minimum absolute atomic E-state index is 0.0378. The van der Waals surface area contributed by atoms with E-state index in [9.17, 15) is 9.59 Å². The number of aliphatic imine (C=N–C) groups is 1. The molecule has 1 N–H and O–H groups in total. The second-order valence-electron chi connectivity index (χ2n) is 7.47. The molecule has 138 valence electrons. The predicted octanol–water partition coefficient (Wildman–Crippen LogP) is 3.09. The van der Waals surface area contributed by atoms with Crippen LogP contribution in [0.1, 0.15) is 49.7 Å². The highest BCUT2D eigenvalue weighted by Gasteiger charge is 2.33. The lowest BCUT2D eigenvalue weighted by Crippen LogP contribution is -2.30. The number of carbonyl (C=O) groups excluding carboxylic acids is 2. The Balaban J connectivity index is 1.26. The predicted molar refractivity (Wildman–Crippen MR) is 104 cm³/mol. The van der Waals surface area contributed by atoms with E-state index in [0.29, 0.717) is 24.2 Å². The Morgan fingerprint density at radius 1 is 1.15 bits per heavy atom. The first-order chi connectivity index (χ1) is 12.7. The molecule has 0 spiro atoms. The third kappa shape index (κ3) is 3.95. The van der Waals surface area contributed by atoms with E-state index >= 15 is 0 Å². The van der Waals surface area contributed by atoms with Gasteiger partial charge >= 0.3 is 0 Å². The van der Waals surface area contributed by atoms with E-state index in [1.807, 2.05) is 17.0 Å². The standard InChI is InChI=1S/C20H25N3O2S/c24-18(23-12-15-8-4-5-9-16(15)13-23)10-17-19(25)22-20(26-17)21-11-14-6-2-1-3-7-14/h4-5,8-9,14,17H,1-3,6-7,10-13H2,(H,21,22,25). The van der Waals surface area contributed by atoms with Crippen LogP contribution in [0.4, 0.5) is 0 Å². The monoisotopic (exact) mass is 371 g/mol. The fourth-order valence-electron chi connectivity index (χ4n) is 4.01. The molecule has 0 saturated heterocycles. The Kier molecular flexibility index (Phi) is 5.29. The zero-order valence-electron chi connectivity index (χ0n) is 14.9. The van der Waals surface area contributed by atoms with Gasteiger partial charge in [0, 0.05) is 26.1 Å². The number of rotatable bonds is 4. The SMILES string of the molecule is O=C1N=C(NCC2CCCCC2)SC1CC(=O)N1Cc2ccccc2C1. The zero-order chi connectivity index (χ0) is 17.9. The summed E-state index contributed by atoms with van der Waals surface area (Å²) in [6.45, 7) is 2.18. The largest absolute Gasteiger partial charge is 0.364 e. The van der Waals surface area contributed by atoms with Crippen molar-refractivity contribution in [2.24, 2.45) is 10.9 Å². The number of hydrogen-bond acceptors (Lipinski definition) is 4. The van der Waals surface area contributed by atoms with Crippen molar-refractivity contribution >= 4 is 28.7 Å². The van der Waals surface area contributed by atoms with Crippen LogP contribution in [-0.2, 0) is 22.7 Å². The minimum atomic E-state index is -0.375. The number of carbonyl (C=O) groups is 2. The Hall–Kier alpha value is -1.82. The summed E-state index contributed by atoms with van der Waals surface area (Å²) in [5.74, 6) is 0.549. The minimum Gasteiger partial charge on any atom is -0.364 e. The Morgan fingerprint density at radius 2 is 1.85 bits per heavy atom. The van der Waals surface area contributed by atoms with Crippen LogP contribution >= 0.6 is 11.8 Å². The number of amidine groups is 1. The molecule has 1 unspecified atom stereocenters. The van der Waals surface area contributed by atoms with Crippen LogP contribution in [0, 0.1) is 5.92 Å². The topological polar surface area (TPSA) is 61.8 Å². The summed E-state index contributed by atoms with van der Waals surface area (Å²) < 4.78 is 0. The van der Waals surface area contributed by atoms with E-state index in [-0.39, 0.29) is 23.5 Å². The van der Waals surface area contributed by atoms with Gasteiger partial charge in [0.05, 0.1) is 0 Å². The molecule has 1 fully saturated rings. The first kappa shape index (κ1) is 17.6. The Labute approximate surface area is 158 Å². The van der Waals surface area contributed by atoms with E-state index in [2.05, 4.69) is 22.4 Å². The summed E-state index contributed by atoms with van der Waals surface area (Å²) in [6, 6.07) is 8.13. The van der Waals surface area contributed by atoms with Crippen molar-refractivity contribution in [2.45, 2.75) is 56.9 Å². The van der Waals surface area contributed by atoms with Gasteiger partial charge in [-0.2, -0.15) is 4.99 Å². The van der Waals surface area contributed by atoms with Crippen molar-refractivity contribution in [3.05, 3.63) is 35.4 Å². The summed E-state index contributed by atoms with van der Waals surface area (Å²) in [5, 5.41) is 3.66. The molecular formula is C20H25N3O2S. The summed E-state index contributed by atoms with van der Waals surface area (Å²) in [4.78, 5) is 30.8. The smallest absolute Gasteiger partial charge is 0.262 e. The zero-order valence-corrected chi connectivity index (χ0v) is 15.8. The molecule has 2 heterocycles. The van der Waals surface area contributed by atoms with Crippen LogP contribution in [0.25, 0.3) is 0 Å². The number of thioether (sulfide) groups is 1. The lowest BCUT2D eigenvalue weighted by molar-refractivity contribution is -0.133. The highest BCUT2D eigenvalue weighted by molar-refractivity contribution is 8.15. The molecule has 3 aliphatic rings. The third-order valence-corrected chi connectivity index (χ3v) is 6.67. The van der Waals surface area contributed by atoms with Gasteiger partial charge in [0.15, 0.2) is 5.17 Å². The van der Waals surface area contributed by atoms with Gasteiger partial charge < -0.3 is 10.2 Å². The van der Waals surface area contributed by atoms with Crippen LogP contribution in [0.5, 0.6) is 0 Å². The van der Waals surface area contributed by atoms with E-state index in [4.69, 9.17) is 0 Å². The average molecular weight is 372 g/mol. The van der Waals surface area contributed by atoms with E-state index in [1.165, 1.54) is 55.0 Å². The lowest BCUT2D eigenvalue weighted by Gasteiger charge is -2.22. The summed E-state index contributed by atoms with van der Waals surface area (Å²) in [5.41, 5.74) is 2.41. The maximum Gasteiger partial charge on any atom is 0.262 e. The molecule has 4 rings (SSSR count). The molecule has 26 heavy (non-hydrogen) atoms. The van der Waals surface area contributed by atoms with Gasteiger partial charge in [-0.25, -0.2) is 0 Å². The first-order valence-electron chi connectivity index (χ1n) is 9.56. The number of nitrogens with one attached hydrogen (secondary N) is 1. The fourth-order valence-corrected chi connectivity index (χ4v) is 4.97. The van der Waals surface area contributed by atoms with Gasteiger partial charge in [-0.15, -0.1) is 0 Å². The van der Waals surface area contributed by atoms with E-state index in [0.717, 1.165) is 6.54 Å². The molecule has 2 amide bonds. The summed E-state index contributed by atoms with van der Waals surface area (Å²) in [7, 11) is 0. The number of fused-ring (bicyclic) bond motifs is 1. The molecule has 0 radical (unpaired) electrons. The Morgan fingerprint density at radius 3 is 2.54 bits per heavy atom. The van der Waals surface area contributed by atoms with Crippen molar-refractivity contribution in [1.29, 1.82) is 0 Å². The van der Waals surface area contributed by atoms with Crippen LogP contribution in [0.15, 0.2) is 29.3 Å². The molecule has 6 heteroatoms. The van der Waals surface area contributed by atoms with Crippen LogP contribution < -0.4 is 5.32 Å². The highest BCUT2D eigenvalue weighted by Crippen LogP contribution is 2.29. The van der Waals surface area contributed by atoms with Gasteiger partial charge in [0.25, 0.3) is 5.91 Å². The van der Waals surface area contributed by atoms with E-state index in [1.54, 1.807) is 0 Å². The summed E-state index contributed by atoms with van der Waals surface area (Å²) >= 11 is 1.42. The summed E-state index contributed by atoms with van der Waals surface area (Å²) in [6.07, 6.45) is 6.71. The van der Waals surface area contributed by atoms with Crippen molar-refractivity contribution in [2.75, 3.05) is 6.54 Å². The van der Waals surface area contributed by atoms with Crippen molar-refractivity contribution in [3.8, 4) is 0 Å². The maximum atomic E-state index is 12.6. The van der Waals surface area contributed by atoms with Gasteiger partial charge in [0.2, 0.25) is 5.91 Å². The first-order valence-corrected chi connectivity index (χ1v) is 10.4. The van der Waals surface area contributed by atoms with Crippen LogP contribution in [0.3, 0.4) is 0 Å². The fraction of sp³-hybridized carbons (Fsp3) is 0.550. The quantitative estimate of drug-likeness (QED) is 0.883. The number of nitrogens with zero attached hydrogens (tertiary/aromatic N) is 2. The van der Waals surface area contributed by atoms with Gasteiger partial charge in [0.1, 0.15) is 5.25 Å². The van der Waals surface area contributed by atoms with Crippen LogP contribution in [-0.4, -0.2) is 33.7 Å². The second kappa shape index (κ2) is 7.82. The van der Waals surface area contributed by atoms with Crippen molar-refractivity contribution in [1.82, 2.24) is 10.2 Å². The van der Waals surface area contributed by atoms with Gasteiger partial charge in [-0.05, 0) is 29.9 Å². The molecule has 1 aromatic carbocycles. The second-order valence-corrected chi connectivity index (χ2v) is 8.66. The molecule has 1 aromatic rings. The molecule has 0 aromatic heterocycles. The highest BCUT2D eigenvalue weighted by atomic mass is 32.2. The van der Waals surface area contributed by atoms with Crippen LogP contribution in [0.2, 0.25) is 0 Å². The van der Waals surface area contributed by atoms with Crippen molar-refractivity contribution in [3.63, 3.8) is 0 Å². The average Bonchev–Trinajstić information content (AvgIpc) is 3.24. The van der Waals surface area contributed by atoms with Gasteiger partial charge in [-0.1, -0.05) is 55.3 Å². The van der Waals surface area contributed by atoms with Crippen molar-refractivity contribution < 1.29 is 9.59 Å². The number of hydrogen-bond donors (Lipinski definition) is 1. The van der Waals surface area contributed by atoms with Gasteiger partial charge in [-0.3, -0.25) is 9.59 Å². The molecule has 1 aliphatic carbocycles. The normalized spacial score (nSPS) is 23.1. The molecule has 0 bridgehead atoms. The third-order valence-electron chi connectivity index (χ3n) is 5.56. The molecule has 1 atom stereocenters. The molecular weight excluding hydrogens is 346 g/mol. The molecule has 1 saturated carbocycles. The molecule has 2 aliphatic heterocycles. The maximum absolute atomic E-state index is 12.6. The lowest BCUT2D eigenvalue weighted by atomic mass is 9.89. The van der Waals surface area contributed by atoms with E-state index < -0.39 is 0 Å². The number of benzene rings is 1.